The Kier molecular flexibility index (Phi) is 42.9. The van der Waals surface area contributed by atoms with E-state index in [9.17, 15) is 0 Å². The topological polar surface area (TPSA) is 190 Å². The van der Waals surface area contributed by atoms with E-state index in [1.54, 1.807) is 14.1 Å². The normalized spacial score (nSPS) is 12.7. The van der Waals surface area contributed by atoms with Crippen molar-refractivity contribution in [3.63, 3.8) is 0 Å². The van der Waals surface area contributed by atoms with Gasteiger partial charge in [0, 0.05) is 11.1 Å². The molecule has 0 aliphatic rings. The van der Waals surface area contributed by atoms with Crippen molar-refractivity contribution in [2.24, 2.45) is 51.7 Å². The van der Waals surface area contributed by atoms with Crippen molar-refractivity contribution in [1.29, 1.82) is 0 Å². The summed E-state index contributed by atoms with van der Waals surface area (Å²) in [6.07, 6.45) is 0. The van der Waals surface area contributed by atoms with E-state index in [4.69, 9.17) is 0 Å². The summed E-state index contributed by atoms with van der Waals surface area (Å²) in [5.41, 5.74) is 16.7. The SMILES string of the molecule is CC(C)(C)N=NNC(C)(C)C.CC(C)(C)N=N[N-]C(C)(C)C.CC(C)(C)N=N[N-]C(C)(C)C.CN=NNC(C)(C)C.C[N-]N=NC(C)(C)C.[K+].[Li+].[Li+]. The molecule has 18 heteroatoms. The number of nitrogens with one attached hydrogen (secondary N) is 2. The molecule has 0 aromatic heterocycles. The smallest absolute Gasteiger partial charge is 0.386 e. The van der Waals surface area contributed by atoms with Gasteiger partial charge in [-0.1, -0.05) is 114 Å². The van der Waals surface area contributed by atoms with Crippen LogP contribution >= 0.6 is 0 Å². The zero-order valence-electron chi connectivity index (χ0n) is 39.8. The van der Waals surface area contributed by atoms with E-state index in [0.29, 0.717) is 0 Å². The molecule has 0 saturated carbocycles. The summed E-state index contributed by atoms with van der Waals surface area (Å²) in [4.78, 5) is 0. The summed E-state index contributed by atoms with van der Waals surface area (Å²) in [6.45, 7) is 48.1. The summed E-state index contributed by atoms with van der Waals surface area (Å²) in [5, 5.41) is 38.0. The molecule has 0 bridgehead atoms. The van der Waals surface area contributed by atoms with E-state index in [0.717, 1.165) is 0 Å². The quantitative estimate of drug-likeness (QED) is 0.246. The molecular weight excluding hydrogens is 671 g/mol. The third-order valence-electron chi connectivity index (χ3n) is 3.03. The van der Waals surface area contributed by atoms with Gasteiger partial charge in [0.05, 0.1) is 12.6 Å². The molecule has 0 amide bonds. The summed E-state index contributed by atoms with van der Waals surface area (Å²) in [7, 11) is 3.24. The van der Waals surface area contributed by atoms with E-state index >= 15 is 0 Å². The molecule has 2 N–H and O–H groups in total. The molecule has 0 aromatic rings. The van der Waals surface area contributed by atoms with Crippen LogP contribution in [0.15, 0.2) is 51.7 Å². The molecule has 0 rings (SSSR count). The Hall–Kier alpha value is -0.169. The maximum Gasteiger partial charge on any atom is 1.00 e. The van der Waals surface area contributed by atoms with Gasteiger partial charge < -0.3 is 31.6 Å². The number of nitrogens with zero attached hydrogens (tertiary/aromatic N) is 13. The molecule has 0 fully saturated rings. The fourth-order valence-corrected chi connectivity index (χ4v) is 1.29. The first-order valence-corrected chi connectivity index (χ1v) is 16.8. The Morgan fingerprint density at radius 2 is 0.635 bits per heavy atom. The van der Waals surface area contributed by atoms with Crippen LogP contribution in [0.25, 0.3) is 16.3 Å². The monoisotopic (exact) mass is 752 g/mol. The van der Waals surface area contributed by atoms with Gasteiger partial charge in [-0.25, -0.2) is 0 Å². The molecule has 0 saturated heterocycles. The maximum atomic E-state index is 4.06. The number of hydrogen-bond acceptors (Lipinski definition) is 10. The van der Waals surface area contributed by atoms with Gasteiger partial charge in [-0.3, -0.25) is 26.5 Å². The average molecular weight is 752 g/mol. The van der Waals surface area contributed by atoms with Gasteiger partial charge in [-0.05, 0) is 97.1 Å². The molecule has 0 aliphatic carbocycles. The van der Waals surface area contributed by atoms with E-state index in [-0.39, 0.29) is 133 Å². The van der Waals surface area contributed by atoms with Crippen molar-refractivity contribution in [2.45, 2.75) is 210 Å². The number of rotatable bonds is 5. The van der Waals surface area contributed by atoms with E-state index in [1.165, 1.54) is 0 Å². The van der Waals surface area contributed by atoms with Gasteiger partial charge in [0.25, 0.3) is 0 Å². The van der Waals surface area contributed by atoms with Crippen LogP contribution in [0.1, 0.15) is 166 Å². The van der Waals surface area contributed by atoms with Gasteiger partial charge >= 0.3 is 89.1 Å². The van der Waals surface area contributed by atoms with E-state index in [2.05, 4.69) is 99.6 Å². The fraction of sp³-hybridized carbons (Fsp3) is 1.00. The van der Waals surface area contributed by atoms with Crippen molar-refractivity contribution in [3.8, 4) is 0 Å². The molecule has 0 atom stereocenters. The van der Waals surface area contributed by atoms with Gasteiger partial charge in [-0.15, -0.1) is 0 Å². The molecule has 52 heavy (non-hydrogen) atoms. The van der Waals surface area contributed by atoms with E-state index in [1.807, 2.05) is 145 Å². The van der Waals surface area contributed by atoms with Crippen molar-refractivity contribution in [3.05, 3.63) is 16.3 Å². The Labute approximate surface area is 388 Å². The van der Waals surface area contributed by atoms with Crippen LogP contribution in [0.2, 0.25) is 0 Å². The van der Waals surface area contributed by atoms with Crippen molar-refractivity contribution in [2.75, 3.05) is 14.1 Å². The molecule has 0 aromatic carbocycles. The molecule has 0 spiro atoms. The van der Waals surface area contributed by atoms with Crippen LogP contribution in [0.5, 0.6) is 0 Å². The van der Waals surface area contributed by atoms with Crippen LogP contribution in [0.3, 0.4) is 0 Å². The van der Waals surface area contributed by atoms with Crippen LogP contribution in [-0.4, -0.2) is 58.4 Å². The zero-order chi connectivity index (χ0) is 40.6. The summed E-state index contributed by atoms with van der Waals surface area (Å²) < 4.78 is 0. The Morgan fingerprint density at radius 3 is 0.788 bits per heavy atom. The first-order valence-electron chi connectivity index (χ1n) is 16.8. The molecule has 294 valence electrons. The molecular formula is C34H80KLi2N15. The number of hydrogen-bond donors (Lipinski definition) is 2. The minimum absolute atomic E-state index is 0. The van der Waals surface area contributed by atoms with Gasteiger partial charge in [0.2, 0.25) is 0 Å². The largest absolute Gasteiger partial charge is 1.00 e. The second-order valence-electron chi connectivity index (χ2n) is 19.2. The first kappa shape index (κ1) is 69.7. The third kappa shape index (κ3) is 104. The zero-order valence-corrected chi connectivity index (χ0v) is 42.9. The van der Waals surface area contributed by atoms with Crippen LogP contribution in [0.4, 0.5) is 0 Å². The van der Waals surface area contributed by atoms with Crippen molar-refractivity contribution >= 4 is 0 Å². The summed E-state index contributed by atoms with van der Waals surface area (Å²) >= 11 is 0. The van der Waals surface area contributed by atoms with Gasteiger partial charge in [-0.2, -0.15) is 10.2 Å². The van der Waals surface area contributed by atoms with Crippen molar-refractivity contribution in [1.82, 2.24) is 10.9 Å². The molecule has 0 aliphatic heterocycles. The van der Waals surface area contributed by atoms with Gasteiger partial charge in [0.1, 0.15) is 0 Å². The standard InChI is InChI=1S/C8H19N3.2C8H18N3.C5H13N3.C5H12N3.K.2Li/c3*1-7(2,3)9-11-10-8(4,5)6;2*1-5(2,3)7-8-6-4;;;/h1-6H3,(H,9,10);2*1-6H3;1-4H3,(H,6,7);1-4H3;;;/q;2*-1;;-1;3*+1. The fourth-order valence-electron chi connectivity index (χ4n) is 1.29. The minimum atomic E-state index is -0.116. The Bertz CT molecular complexity index is 862. The summed E-state index contributed by atoms with van der Waals surface area (Å²) in [5.74, 6) is 0. The van der Waals surface area contributed by atoms with Gasteiger partial charge in [0.15, 0.2) is 0 Å². The van der Waals surface area contributed by atoms with Crippen LogP contribution in [-0.2, 0) is 0 Å². The predicted octanol–water partition coefficient (Wildman–Crippen LogP) is 3.73. The molecule has 0 heterocycles. The van der Waals surface area contributed by atoms with Crippen LogP contribution < -0.4 is 100.0 Å². The second kappa shape index (κ2) is 32.0. The maximum absolute atomic E-state index is 4.06. The Balaban J connectivity index is -0.0000000770. The molecule has 0 radical (unpaired) electrons. The van der Waals surface area contributed by atoms with E-state index < -0.39 is 0 Å². The summed E-state index contributed by atoms with van der Waals surface area (Å²) in [6, 6.07) is 0. The minimum Gasteiger partial charge on any atom is -0.386 e. The predicted molar refractivity (Wildman–Crippen MR) is 211 cm³/mol. The second-order valence-corrected chi connectivity index (χ2v) is 19.2. The van der Waals surface area contributed by atoms with Crippen molar-refractivity contribution < 1.29 is 89.1 Å². The molecule has 0 unspecified atom stereocenters. The first-order chi connectivity index (χ1) is 21.2. The van der Waals surface area contributed by atoms with Crippen LogP contribution in [0, 0.1) is 0 Å². The molecule has 15 nitrogen and oxygen atoms in total. The third-order valence-corrected chi connectivity index (χ3v) is 3.03. The average Bonchev–Trinajstić information content (AvgIpc) is 2.77. The Morgan fingerprint density at radius 1 is 0.385 bits per heavy atom.